The van der Waals surface area contributed by atoms with Crippen LogP contribution in [0.3, 0.4) is 0 Å². The maximum atomic E-state index is 12.7. The summed E-state index contributed by atoms with van der Waals surface area (Å²) < 4.78 is 87.0. The summed E-state index contributed by atoms with van der Waals surface area (Å²) in [4.78, 5) is 25.5. The molecule has 27 heavy (non-hydrogen) atoms. The number of halogens is 6. The lowest BCUT2D eigenvalue weighted by Gasteiger charge is -2.35. The van der Waals surface area contributed by atoms with Gasteiger partial charge >= 0.3 is 19.5 Å². The molecule has 2 saturated heterocycles. The molecule has 0 saturated carbocycles. The fraction of sp³-hybridized carbons (Fsp3) is 0.714. The molecule has 2 aliphatic rings. The zero-order valence-corrected chi connectivity index (χ0v) is 14.2. The monoisotopic (exact) mass is 402 g/mol. The quantitative estimate of drug-likeness (QED) is 0.408. The van der Waals surface area contributed by atoms with E-state index in [1.54, 1.807) is 19.1 Å². The van der Waals surface area contributed by atoms with Gasteiger partial charge in [-0.15, -0.1) is 0 Å². The van der Waals surface area contributed by atoms with E-state index in [1.807, 2.05) is 0 Å². The number of carbonyl (C=O) groups is 2. The molecule has 0 aromatic carbocycles. The highest BCUT2D eigenvalue weighted by atomic mass is 19.4. The maximum absolute atomic E-state index is 12.7. The van der Waals surface area contributed by atoms with E-state index < -0.39 is 69.7 Å². The number of fused-ring (bicyclic) bond motifs is 1. The van der Waals surface area contributed by atoms with Gasteiger partial charge in [-0.3, -0.25) is 9.59 Å². The van der Waals surface area contributed by atoms with Crippen LogP contribution >= 0.6 is 0 Å². The van der Waals surface area contributed by atoms with Gasteiger partial charge in [0.1, 0.15) is 13.1 Å². The summed E-state index contributed by atoms with van der Waals surface area (Å²) in [5.41, 5.74) is 0. The highest BCUT2D eigenvalue weighted by Crippen LogP contribution is 2.28. The fourth-order valence-electron chi connectivity index (χ4n) is 2.80. The second-order valence-corrected chi connectivity index (χ2v) is 6.10. The van der Waals surface area contributed by atoms with Crippen LogP contribution in [0.5, 0.6) is 0 Å². The van der Waals surface area contributed by atoms with Crippen molar-refractivity contribution in [3.05, 3.63) is 12.2 Å². The second kappa shape index (κ2) is 8.09. The number of allylic oxidation sites excluding steroid dienone is 2. The summed E-state index contributed by atoms with van der Waals surface area (Å²) in [7, 11) is -1.12. The number of rotatable bonds is 4. The zero-order valence-electron chi connectivity index (χ0n) is 14.2. The Hall–Kier alpha value is -1.76. The molecule has 2 heterocycles. The van der Waals surface area contributed by atoms with Gasteiger partial charge in [0, 0.05) is 19.4 Å². The van der Waals surface area contributed by atoms with Crippen molar-refractivity contribution in [3.8, 4) is 0 Å². The van der Waals surface area contributed by atoms with Gasteiger partial charge in [-0.2, -0.15) is 26.3 Å². The van der Waals surface area contributed by atoms with Gasteiger partial charge in [-0.1, -0.05) is 12.2 Å². The zero-order chi connectivity index (χ0) is 20.4. The van der Waals surface area contributed by atoms with E-state index in [0.717, 1.165) is 0 Å². The number of alkyl halides is 6. The molecule has 0 aromatic rings. The Bertz CT molecular complexity index is 553. The Labute approximate surface area is 151 Å². The van der Waals surface area contributed by atoms with E-state index in [1.165, 1.54) is 0 Å². The number of nitrogens with zero attached hydrogens (tertiary/aromatic N) is 2. The Kier molecular flexibility index (Phi) is 6.45. The minimum atomic E-state index is -4.76. The molecule has 152 valence electrons. The Morgan fingerprint density at radius 1 is 0.963 bits per heavy atom. The number of hydrogen-bond donors (Lipinski definition) is 0. The van der Waals surface area contributed by atoms with Crippen molar-refractivity contribution in [2.75, 3.05) is 26.2 Å². The highest BCUT2D eigenvalue weighted by Gasteiger charge is 2.52. The van der Waals surface area contributed by atoms with Gasteiger partial charge in [0.25, 0.3) is 11.8 Å². The van der Waals surface area contributed by atoms with E-state index in [4.69, 9.17) is 9.31 Å². The summed E-state index contributed by atoms with van der Waals surface area (Å²) in [5.74, 6) is -2.28. The molecule has 2 aliphatic heterocycles. The maximum Gasteiger partial charge on any atom is 0.462 e. The predicted molar refractivity (Wildman–Crippen MR) is 80.4 cm³/mol. The topological polar surface area (TPSA) is 59.1 Å². The van der Waals surface area contributed by atoms with E-state index in [0.29, 0.717) is 9.80 Å². The Balaban J connectivity index is 2.29. The van der Waals surface area contributed by atoms with Crippen LogP contribution < -0.4 is 0 Å². The van der Waals surface area contributed by atoms with Gasteiger partial charge in [-0.05, 0) is 6.92 Å². The molecule has 2 atom stereocenters. The molecular formula is C14H17BF6N2O4. The van der Waals surface area contributed by atoms with Crippen molar-refractivity contribution < 1.29 is 45.2 Å². The molecule has 0 aliphatic carbocycles. The van der Waals surface area contributed by atoms with E-state index in [-0.39, 0.29) is 6.32 Å². The first-order valence-electron chi connectivity index (χ1n) is 8.04. The molecule has 0 aromatic heterocycles. The lowest BCUT2D eigenvalue weighted by molar-refractivity contribution is -0.178. The molecule has 2 rings (SSSR count). The molecule has 2 fully saturated rings. The average Bonchev–Trinajstić information content (AvgIpc) is 2.95. The summed E-state index contributed by atoms with van der Waals surface area (Å²) in [5, 5.41) is 0. The Morgan fingerprint density at radius 2 is 1.37 bits per heavy atom. The van der Waals surface area contributed by atoms with Gasteiger partial charge in [0.2, 0.25) is 0 Å². The first kappa shape index (κ1) is 21.5. The van der Waals surface area contributed by atoms with Gasteiger partial charge in [0.15, 0.2) is 12.2 Å². The lowest BCUT2D eigenvalue weighted by atomic mass is 9.85. The minimum Gasteiger partial charge on any atom is -0.396 e. The van der Waals surface area contributed by atoms with Crippen LogP contribution in [-0.2, 0) is 18.9 Å². The summed E-state index contributed by atoms with van der Waals surface area (Å²) in [6.45, 7) is -3.05. The highest BCUT2D eigenvalue weighted by molar-refractivity contribution is 6.46. The normalized spacial score (nSPS) is 25.2. The molecule has 0 bridgehead atoms. The molecule has 13 heteroatoms. The van der Waals surface area contributed by atoms with E-state index in [2.05, 4.69) is 0 Å². The van der Waals surface area contributed by atoms with Crippen molar-refractivity contribution in [1.29, 1.82) is 0 Å². The molecule has 6 nitrogen and oxygen atoms in total. The van der Waals surface area contributed by atoms with Crippen LogP contribution in [0.25, 0.3) is 0 Å². The van der Waals surface area contributed by atoms with Gasteiger partial charge in [0.05, 0.1) is 0 Å². The largest absolute Gasteiger partial charge is 0.462 e. The van der Waals surface area contributed by atoms with Gasteiger partial charge in [-0.25, -0.2) is 0 Å². The number of amides is 2. The predicted octanol–water partition coefficient (Wildman–Crippen LogP) is 1.63. The van der Waals surface area contributed by atoms with Crippen LogP contribution in [0.4, 0.5) is 26.3 Å². The van der Waals surface area contributed by atoms with Crippen molar-refractivity contribution in [1.82, 2.24) is 9.80 Å². The van der Waals surface area contributed by atoms with Crippen LogP contribution in [0.1, 0.15) is 6.92 Å². The minimum absolute atomic E-state index is 0.0859. The van der Waals surface area contributed by atoms with Crippen molar-refractivity contribution in [2.24, 2.45) is 0 Å². The molecule has 2 amide bonds. The average molecular weight is 402 g/mol. The van der Waals surface area contributed by atoms with Crippen LogP contribution in [-0.4, -0.2) is 79.5 Å². The van der Waals surface area contributed by atoms with Crippen LogP contribution in [0.2, 0.25) is 6.32 Å². The fourth-order valence-corrected chi connectivity index (χ4v) is 2.80. The summed E-state index contributed by atoms with van der Waals surface area (Å²) in [6, 6.07) is 0. The standard InChI is InChI=1S/C14H17BF6N2O4/c1-2-3-4-15-26-9-10(27-15)12(25)23(8-14(19,20)21)6-5-22(11(9)24)7-13(16,17)18/h2-3,9-10H,4-8H2,1H3/b3-2+/t9-,10-/m0/s1. The van der Waals surface area contributed by atoms with E-state index >= 15 is 0 Å². The molecule has 0 N–H and O–H groups in total. The summed E-state index contributed by atoms with van der Waals surface area (Å²) >= 11 is 0. The molecule has 0 unspecified atom stereocenters. The molecule has 0 spiro atoms. The first-order chi connectivity index (χ1) is 12.4. The SMILES string of the molecule is C/C=C/CB1O[C@@H]2C(=O)N(CC(F)(F)F)CCN(CC(F)(F)F)C(=O)[C@H]2O1. The van der Waals surface area contributed by atoms with Gasteiger partial charge < -0.3 is 19.1 Å². The number of hydrogen-bond acceptors (Lipinski definition) is 4. The summed E-state index contributed by atoms with van der Waals surface area (Å²) in [6.07, 6.45) is -9.71. The van der Waals surface area contributed by atoms with E-state index in [9.17, 15) is 35.9 Å². The third-order valence-corrected chi connectivity index (χ3v) is 3.93. The number of carbonyl (C=O) groups excluding carboxylic acids is 2. The molecule has 0 radical (unpaired) electrons. The Morgan fingerprint density at radius 3 is 1.70 bits per heavy atom. The lowest BCUT2D eigenvalue weighted by Crippen LogP contribution is -2.58. The van der Waals surface area contributed by atoms with Crippen molar-refractivity contribution in [3.63, 3.8) is 0 Å². The van der Waals surface area contributed by atoms with Crippen LogP contribution in [0.15, 0.2) is 12.2 Å². The first-order valence-corrected chi connectivity index (χ1v) is 8.04. The van der Waals surface area contributed by atoms with Crippen molar-refractivity contribution >= 4 is 18.9 Å². The smallest absolute Gasteiger partial charge is 0.396 e. The molecular weight excluding hydrogens is 385 g/mol. The van der Waals surface area contributed by atoms with Crippen molar-refractivity contribution in [2.45, 2.75) is 37.8 Å². The van der Waals surface area contributed by atoms with Crippen LogP contribution in [0, 0.1) is 0 Å². The third kappa shape index (κ3) is 5.86. The second-order valence-electron chi connectivity index (χ2n) is 6.10. The third-order valence-electron chi connectivity index (χ3n) is 3.93.